The maximum atomic E-state index is 12.9. The first kappa shape index (κ1) is 21.2. The summed E-state index contributed by atoms with van der Waals surface area (Å²) in [6.07, 6.45) is 2.80. The number of nitrogens with one attached hydrogen (secondary N) is 1. The average Bonchev–Trinajstić information content (AvgIpc) is 2.88. The fourth-order valence-electron chi connectivity index (χ4n) is 3.17. The van der Waals surface area contributed by atoms with Crippen LogP contribution in [0.3, 0.4) is 0 Å². The highest BCUT2D eigenvalue weighted by molar-refractivity contribution is 6.02. The van der Waals surface area contributed by atoms with E-state index in [2.05, 4.69) is 31.2 Å². The molecule has 6 nitrogen and oxygen atoms in total. The van der Waals surface area contributed by atoms with E-state index in [1.165, 1.54) is 0 Å². The zero-order chi connectivity index (χ0) is 20.2. The topological polar surface area (TPSA) is 81.6 Å². The molecule has 1 unspecified atom stereocenters. The van der Waals surface area contributed by atoms with Crippen LogP contribution in [0.15, 0.2) is 12.1 Å². The molecule has 2 rings (SSSR count). The lowest BCUT2D eigenvalue weighted by molar-refractivity contribution is 0.0944. The Morgan fingerprint density at radius 2 is 2.07 bits per heavy atom. The predicted octanol–water partition coefficient (Wildman–Crippen LogP) is 3.62. The van der Waals surface area contributed by atoms with Gasteiger partial charge < -0.3 is 15.8 Å². The summed E-state index contributed by atoms with van der Waals surface area (Å²) in [4.78, 5) is 12.9. The quantitative estimate of drug-likeness (QED) is 0.702. The second-order valence-corrected chi connectivity index (χ2v) is 8.25. The first-order chi connectivity index (χ1) is 12.6. The molecule has 3 N–H and O–H groups in total. The molecule has 0 aliphatic heterocycles. The number of nitrogens with zero attached hydrogens (tertiary/aromatic N) is 2. The van der Waals surface area contributed by atoms with Crippen LogP contribution in [0.25, 0.3) is 5.52 Å². The predicted molar refractivity (Wildman–Crippen MR) is 109 cm³/mol. The third kappa shape index (κ3) is 5.45. The van der Waals surface area contributed by atoms with Crippen LogP contribution in [-0.2, 0) is 0 Å². The van der Waals surface area contributed by atoms with E-state index < -0.39 is 5.54 Å². The fourth-order valence-corrected chi connectivity index (χ4v) is 3.17. The fraction of sp³-hybridized carbons (Fsp3) is 0.619. The van der Waals surface area contributed by atoms with Crippen molar-refractivity contribution in [3.63, 3.8) is 0 Å². The van der Waals surface area contributed by atoms with Crippen LogP contribution in [0, 0.1) is 19.8 Å². The Bertz CT molecular complexity index is 793. The second-order valence-electron chi connectivity index (χ2n) is 8.25. The van der Waals surface area contributed by atoms with Crippen molar-refractivity contribution in [3.8, 4) is 5.88 Å². The van der Waals surface area contributed by atoms with Crippen LogP contribution < -0.4 is 15.8 Å². The molecular weight excluding hydrogens is 340 g/mol. The summed E-state index contributed by atoms with van der Waals surface area (Å²) in [6, 6.07) is 3.93. The number of fused-ring (bicyclic) bond motifs is 1. The summed E-state index contributed by atoms with van der Waals surface area (Å²) < 4.78 is 7.68. The molecule has 150 valence electrons. The van der Waals surface area contributed by atoms with E-state index in [1.54, 1.807) is 4.52 Å². The van der Waals surface area contributed by atoms with Gasteiger partial charge in [-0.25, -0.2) is 0 Å². The van der Waals surface area contributed by atoms with Crippen molar-refractivity contribution in [3.05, 3.63) is 29.0 Å². The Morgan fingerprint density at radius 3 is 2.70 bits per heavy atom. The van der Waals surface area contributed by atoms with Gasteiger partial charge in [-0.05, 0) is 51.2 Å². The van der Waals surface area contributed by atoms with Crippen LogP contribution in [-0.4, -0.2) is 34.2 Å². The minimum Gasteiger partial charge on any atom is -0.478 e. The van der Waals surface area contributed by atoms with E-state index in [4.69, 9.17) is 10.5 Å². The van der Waals surface area contributed by atoms with Gasteiger partial charge in [-0.3, -0.25) is 4.79 Å². The van der Waals surface area contributed by atoms with Gasteiger partial charge >= 0.3 is 0 Å². The number of hydrogen-bond acceptors (Lipinski definition) is 4. The third-order valence-corrected chi connectivity index (χ3v) is 4.67. The number of aromatic nitrogens is 2. The van der Waals surface area contributed by atoms with Gasteiger partial charge in [0.15, 0.2) is 0 Å². The van der Waals surface area contributed by atoms with Crippen molar-refractivity contribution < 1.29 is 9.53 Å². The molecule has 2 aromatic rings. The maximum Gasteiger partial charge on any atom is 0.255 e. The molecule has 0 saturated carbocycles. The van der Waals surface area contributed by atoms with E-state index >= 15 is 0 Å². The van der Waals surface area contributed by atoms with Crippen molar-refractivity contribution in [1.82, 2.24) is 14.9 Å². The number of carbonyl (C=O) groups is 1. The molecule has 0 aliphatic carbocycles. The normalized spacial score (nSPS) is 13.8. The molecule has 0 fully saturated rings. The van der Waals surface area contributed by atoms with Crippen molar-refractivity contribution in [2.24, 2.45) is 11.7 Å². The molecule has 1 atom stereocenters. The Labute approximate surface area is 162 Å². The van der Waals surface area contributed by atoms with Crippen LogP contribution in [0.1, 0.15) is 68.6 Å². The van der Waals surface area contributed by atoms with Gasteiger partial charge in [-0.15, -0.1) is 0 Å². The van der Waals surface area contributed by atoms with Gasteiger partial charge in [-0.2, -0.15) is 9.61 Å². The highest BCUT2D eigenvalue weighted by atomic mass is 16.5. The smallest absolute Gasteiger partial charge is 0.255 e. The number of hydrogen-bond donors (Lipinski definition) is 2. The molecule has 0 radical (unpaired) electrons. The minimum absolute atomic E-state index is 0.144. The summed E-state index contributed by atoms with van der Waals surface area (Å²) in [5.74, 6) is 1.09. The first-order valence-electron chi connectivity index (χ1n) is 9.84. The zero-order valence-corrected chi connectivity index (χ0v) is 17.6. The first-order valence-corrected chi connectivity index (χ1v) is 9.84. The van der Waals surface area contributed by atoms with Crippen LogP contribution >= 0.6 is 0 Å². The molecule has 0 aromatic carbocycles. The zero-order valence-electron chi connectivity index (χ0n) is 17.6. The largest absolute Gasteiger partial charge is 0.478 e. The molecule has 0 aliphatic rings. The Morgan fingerprint density at radius 1 is 1.37 bits per heavy atom. The molecule has 0 bridgehead atoms. The Kier molecular flexibility index (Phi) is 6.87. The second kappa shape index (κ2) is 8.74. The summed E-state index contributed by atoms with van der Waals surface area (Å²) >= 11 is 0. The van der Waals surface area contributed by atoms with E-state index in [9.17, 15) is 4.79 Å². The lowest BCUT2D eigenvalue weighted by Gasteiger charge is -2.24. The van der Waals surface area contributed by atoms with E-state index in [0.717, 1.165) is 30.3 Å². The molecule has 2 heterocycles. The summed E-state index contributed by atoms with van der Waals surface area (Å²) in [6.45, 7) is 13.3. The van der Waals surface area contributed by atoms with Gasteiger partial charge in [0.25, 0.3) is 5.91 Å². The van der Waals surface area contributed by atoms with Gasteiger partial charge in [0.1, 0.15) is 0 Å². The highest BCUT2D eigenvalue weighted by Crippen LogP contribution is 2.24. The third-order valence-electron chi connectivity index (χ3n) is 4.67. The number of ether oxygens (including phenoxy) is 1. The van der Waals surface area contributed by atoms with Gasteiger partial charge in [0.2, 0.25) is 5.88 Å². The number of rotatable bonds is 9. The van der Waals surface area contributed by atoms with Gasteiger partial charge in [0, 0.05) is 18.2 Å². The molecule has 0 saturated heterocycles. The molecule has 1 amide bonds. The molecule has 6 heteroatoms. The monoisotopic (exact) mass is 374 g/mol. The summed E-state index contributed by atoms with van der Waals surface area (Å²) in [5.41, 5.74) is 8.90. The van der Waals surface area contributed by atoms with Gasteiger partial charge in [-0.1, -0.05) is 27.2 Å². The highest BCUT2D eigenvalue weighted by Gasteiger charge is 2.23. The number of pyridine rings is 1. The number of amides is 1. The molecular formula is C21H34N4O2. The minimum atomic E-state index is -0.414. The molecule has 27 heavy (non-hydrogen) atoms. The number of carbonyl (C=O) groups excluding carboxylic acids is 1. The Balaban J connectivity index is 2.28. The van der Waals surface area contributed by atoms with Crippen molar-refractivity contribution >= 4 is 11.4 Å². The van der Waals surface area contributed by atoms with Gasteiger partial charge in [0.05, 0.1) is 23.4 Å². The number of aryl methyl sites for hydroxylation is 2. The lowest BCUT2D eigenvalue weighted by atomic mass is 9.97. The van der Waals surface area contributed by atoms with Crippen molar-refractivity contribution in [2.45, 2.75) is 66.3 Å². The standard InChI is InChI=1S/C21H34N4O2/c1-7-9-21(6,22)13-23-20(26)19-16(5)24-25-17(19)11-15(4)12-18(25)27-10-8-14(2)3/h11-12,14H,7-10,13,22H2,1-6H3,(H,23,26). The van der Waals surface area contributed by atoms with Crippen LogP contribution in [0.4, 0.5) is 0 Å². The van der Waals surface area contributed by atoms with E-state index in [0.29, 0.717) is 36.2 Å². The van der Waals surface area contributed by atoms with E-state index in [1.807, 2.05) is 32.9 Å². The summed E-state index contributed by atoms with van der Waals surface area (Å²) in [5, 5.41) is 7.54. The van der Waals surface area contributed by atoms with Crippen molar-refractivity contribution in [2.75, 3.05) is 13.2 Å². The maximum absolute atomic E-state index is 12.9. The molecule has 2 aromatic heterocycles. The average molecular weight is 375 g/mol. The van der Waals surface area contributed by atoms with E-state index in [-0.39, 0.29) is 5.91 Å². The van der Waals surface area contributed by atoms with Crippen LogP contribution in [0.5, 0.6) is 5.88 Å². The lowest BCUT2D eigenvalue weighted by Crippen LogP contribution is -2.47. The SMILES string of the molecule is CCCC(C)(N)CNC(=O)c1c(C)nn2c(OCCC(C)C)cc(C)cc12. The van der Waals surface area contributed by atoms with Crippen LogP contribution in [0.2, 0.25) is 0 Å². The summed E-state index contributed by atoms with van der Waals surface area (Å²) in [7, 11) is 0. The Hall–Kier alpha value is -2.08. The number of nitrogens with two attached hydrogens (primary N) is 1. The van der Waals surface area contributed by atoms with Crippen molar-refractivity contribution in [1.29, 1.82) is 0 Å². The molecule has 0 spiro atoms.